The molecule has 0 aromatic heterocycles. The molecule has 3 nitrogen and oxygen atoms in total. The molecule has 1 aromatic carbocycles. The molecule has 1 aliphatic rings. The molecular formula is C10H8F3NO2. The smallest absolute Gasteiger partial charge is 0.368 e. The molecule has 2 N–H and O–H groups in total. The maximum absolute atomic E-state index is 12.7. The highest BCUT2D eigenvalue weighted by molar-refractivity contribution is 6.05. The summed E-state index contributed by atoms with van der Waals surface area (Å²) in [7, 11) is 0. The Morgan fingerprint density at radius 2 is 2.00 bits per heavy atom. The standard InChI is InChI=1S/C10H8F3NO2/c1-5-2-3-7-6(4-5)9(16,8(15)14-7)10(11,12)13/h2-4,16H,1H3,(H,14,15). The van der Waals surface area contributed by atoms with Gasteiger partial charge in [0.25, 0.3) is 11.5 Å². The molecule has 1 unspecified atom stereocenters. The molecule has 6 heteroatoms. The third-order valence-corrected chi connectivity index (χ3v) is 2.55. The van der Waals surface area contributed by atoms with Crippen molar-refractivity contribution in [2.24, 2.45) is 0 Å². The van der Waals surface area contributed by atoms with Gasteiger partial charge >= 0.3 is 6.18 Å². The predicted molar refractivity (Wildman–Crippen MR) is 49.8 cm³/mol. The van der Waals surface area contributed by atoms with Crippen LogP contribution in [0.4, 0.5) is 18.9 Å². The Morgan fingerprint density at radius 1 is 1.38 bits per heavy atom. The van der Waals surface area contributed by atoms with E-state index in [1.807, 2.05) is 5.32 Å². The van der Waals surface area contributed by atoms with Gasteiger partial charge in [-0.25, -0.2) is 0 Å². The summed E-state index contributed by atoms with van der Waals surface area (Å²) in [6.45, 7) is 1.58. The third-order valence-electron chi connectivity index (χ3n) is 2.55. The molecular weight excluding hydrogens is 223 g/mol. The van der Waals surface area contributed by atoms with Crippen LogP contribution in [0.3, 0.4) is 0 Å². The van der Waals surface area contributed by atoms with Crippen LogP contribution in [0.1, 0.15) is 11.1 Å². The van der Waals surface area contributed by atoms with Crippen molar-refractivity contribution in [1.29, 1.82) is 0 Å². The van der Waals surface area contributed by atoms with Crippen LogP contribution in [0, 0.1) is 6.92 Å². The van der Waals surface area contributed by atoms with Crippen LogP contribution in [0.5, 0.6) is 0 Å². The number of fused-ring (bicyclic) bond motifs is 1. The topological polar surface area (TPSA) is 49.3 Å². The van der Waals surface area contributed by atoms with Crippen molar-refractivity contribution in [2.75, 3.05) is 5.32 Å². The van der Waals surface area contributed by atoms with E-state index in [2.05, 4.69) is 0 Å². The zero-order valence-corrected chi connectivity index (χ0v) is 8.22. The summed E-state index contributed by atoms with van der Waals surface area (Å²) < 4.78 is 38.1. The number of nitrogens with one attached hydrogen (secondary N) is 1. The second-order valence-corrected chi connectivity index (χ2v) is 3.71. The molecule has 86 valence electrons. The first kappa shape index (κ1) is 10.9. The van der Waals surface area contributed by atoms with E-state index < -0.39 is 23.2 Å². The number of carbonyl (C=O) groups excluding carboxylic acids is 1. The van der Waals surface area contributed by atoms with Gasteiger partial charge in [0.05, 0.1) is 0 Å². The van der Waals surface area contributed by atoms with E-state index in [1.165, 1.54) is 6.07 Å². The van der Waals surface area contributed by atoms with Crippen molar-refractivity contribution < 1.29 is 23.1 Å². The number of amides is 1. The number of aliphatic hydroxyl groups is 1. The van der Waals surface area contributed by atoms with Gasteiger partial charge in [-0.2, -0.15) is 13.2 Å². The highest BCUT2D eigenvalue weighted by Crippen LogP contribution is 2.46. The first-order valence-electron chi connectivity index (χ1n) is 4.48. The quantitative estimate of drug-likeness (QED) is 0.713. The lowest BCUT2D eigenvalue weighted by atomic mass is 9.93. The first-order chi connectivity index (χ1) is 7.26. The molecule has 0 fully saturated rings. The first-order valence-corrected chi connectivity index (χ1v) is 4.48. The molecule has 0 saturated heterocycles. The van der Waals surface area contributed by atoms with Gasteiger partial charge in [-0.3, -0.25) is 4.79 Å². The van der Waals surface area contributed by atoms with E-state index in [1.54, 1.807) is 13.0 Å². The summed E-state index contributed by atoms with van der Waals surface area (Å²) in [6, 6.07) is 4.05. The number of alkyl halides is 3. The normalized spacial score (nSPS) is 24.2. The SMILES string of the molecule is Cc1ccc2c(c1)C(O)(C(F)(F)F)C(=O)N2. The van der Waals surface area contributed by atoms with E-state index >= 15 is 0 Å². The van der Waals surface area contributed by atoms with Gasteiger partial charge in [0.2, 0.25) is 0 Å². The van der Waals surface area contributed by atoms with Gasteiger partial charge in [-0.05, 0) is 13.0 Å². The Balaban J connectivity index is 2.67. The zero-order chi connectivity index (χ0) is 12.1. The van der Waals surface area contributed by atoms with Crippen molar-refractivity contribution >= 4 is 11.6 Å². The number of rotatable bonds is 0. The summed E-state index contributed by atoms with van der Waals surface area (Å²) in [5, 5.41) is 11.5. The molecule has 1 atom stereocenters. The minimum Gasteiger partial charge on any atom is -0.368 e. The predicted octanol–water partition coefficient (Wildman–Crippen LogP) is 1.70. The molecule has 0 aliphatic carbocycles. The number of aryl methyl sites for hydroxylation is 1. The molecule has 16 heavy (non-hydrogen) atoms. The maximum atomic E-state index is 12.7. The number of carbonyl (C=O) groups is 1. The van der Waals surface area contributed by atoms with Crippen molar-refractivity contribution in [3.05, 3.63) is 29.3 Å². The van der Waals surface area contributed by atoms with E-state index in [-0.39, 0.29) is 5.69 Å². The minimum atomic E-state index is -5.03. The van der Waals surface area contributed by atoms with Gasteiger partial charge in [-0.1, -0.05) is 17.7 Å². The van der Waals surface area contributed by atoms with Crippen molar-refractivity contribution in [3.8, 4) is 0 Å². The molecule has 0 saturated carbocycles. The number of anilines is 1. The van der Waals surface area contributed by atoms with Gasteiger partial charge in [0.15, 0.2) is 0 Å². The molecule has 1 amide bonds. The molecule has 0 bridgehead atoms. The fourth-order valence-corrected chi connectivity index (χ4v) is 1.68. The van der Waals surface area contributed by atoms with Crippen LogP contribution in [0.2, 0.25) is 0 Å². The van der Waals surface area contributed by atoms with Gasteiger partial charge in [0, 0.05) is 11.3 Å². The fourth-order valence-electron chi connectivity index (χ4n) is 1.68. The third kappa shape index (κ3) is 1.23. The number of benzene rings is 1. The molecule has 0 spiro atoms. The molecule has 0 radical (unpaired) electrons. The summed E-state index contributed by atoms with van der Waals surface area (Å²) in [5.41, 5.74) is -3.34. The highest BCUT2D eigenvalue weighted by atomic mass is 19.4. The molecule has 1 aromatic rings. The van der Waals surface area contributed by atoms with Crippen molar-refractivity contribution in [3.63, 3.8) is 0 Å². The number of halogens is 3. The Hall–Kier alpha value is -1.56. The summed E-state index contributed by atoms with van der Waals surface area (Å²) in [6.07, 6.45) is -5.03. The largest absolute Gasteiger partial charge is 0.430 e. The number of hydrogen-bond donors (Lipinski definition) is 2. The van der Waals surface area contributed by atoms with Gasteiger partial charge < -0.3 is 10.4 Å². The summed E-state index contributed by atoms with van der Waals surface area (Å²) in [4.78, 5) is 11.2. The maximum Gasteiger partial charge on any atom is 0.430 e. The lowest BCUT2D eigenvalue weighted by Crippen LogP contribution is -2.47. The second kappa shape index (κ2) is 2.98. The van der Waals surface area contributed by atoms with Crippen LogP contribution >= 0.6 is 0 Å². The Kier molecular flexibility index (Phi) is 2.03. The fraction of sp³-hybridized carbons (Fsp3) is 0.300. The van der Waals surface area contributed by atoms with E-state index in [0.717, 1.165) is 6.07 Å². The monoisotopic (exact) mass is 231 g/mol. The van der Waals surface area contributed by atoms with Crippen LogP contribution < -0.4 is 5.32 Å². The second-order valence-electron chi connectivity index (χ2n) is 3.71. The van der Waals surface area contributed by atoms with E-state index in [4.69, 9.17) is 0 Å². The molecule has 1 heterocycles. The van der Waals surface area contributed by atoms with Crippen molar-refractivity contribution in [1.82, 2.24) is 0 Å². The van der Waals surface area contributed by atoms with Crippen LogP contribution in [-0.4, -0.2) is 17.2 Å². The van der Waals surface area contributed by atoms with Crippen LogP contribution in [0.25, 0.3) is 0 Å². The van der Waals surface area contributed by atoms with Crippen LogP contribution in [-0.2, 0) is 10.4 Å². The Labute approximate surface area is 88.9 Å². The zero-order valence-electron chi connectivity index (χ0n) is 8.22. The van der Waals surface area contributed by atoms with E-state index in [0.29, 0.717) is 5.56 Å². The lowest BCUT2D eigenvalue weighted by molar-refractivity contribution is -0.252. The molecule has 1 aliphatic heterocycles. The average molecular weight is 231 g/mol. The summed E-state index contributed by atoms with van der Waals surface area (Å²) in [5.74, 6) is -1.46. The van der Waals surface area contributed by atoms with Gasteiger partial charge in [0.1, 0.15) is 0 Å². The lowest BCUT2D eigenvalue weighted by Gasteiger charge is -2.23. The van der Waals surface area contributed by atoms with E-state index in [9.17, 15) is 23.1 Å². The molecule has 2 rings (SSSR count). The summed E-state index contributed by atoms with van der Waals surface area (Å²) >= 11 is 0. The number of hydrogen-bond acceptors (Lipinski definition) is 2. The minimum absolute atomic E-state index is 0.00424. The highest BCUT2D eigenvalue weighted by Gasteiger charge is 2.64. The van der Waals surface area contributed by atoms with Gasteiger partial charge in [-0.15, -0.1) is 0 Å². The Bertz CT molecular complexity index is 470. The Morgan fingerprint density at radius 3 is 2.56 bits per heavy atom. The van der Waals surface area contributed by atoms with Crippen molar-refractivity contribution in [2.45, 2.75) is 18.7 Å². The average Bonchev–Trinajstić information content (AvgIpc) is 2.41. The van der Waals surface area contributed by atoms with Crippen LogP contribution in [0.15, 0.2) is 18.2 Å².